The Labute approximate surface area is 66.6 Å². The number of carbonyl (C=O) groups is 1. The van der Waals surface area contributed by atoms with Crippen molar-refractivity contribution < 1.29 is 9.63 Å². The van der Waals surface area contributed by atoms with E-state index in [1.165, 1.54) is 12.5 Å². The highest BCUT2D eigenvalue weighted by atomic mass is 16.7. The molecule has 0 saturated carbocycles. The molecule has 0 unspecified atom stereocenters. The van der Waals surface area contributed by atoms with Gasteiger partial charge in [-0.2, -0.15) is 0 Å². The molecule has 0 aliphatic carbocycles. The first-order valence-corrected chi connectivity index (χ1v) is 3.92. The fraction of sp³-hybridized carbons (Fsp3) is 0.625. The monoisotopic (exact) mass is 155 g/mol. The summed E-state index contributed by atoms with van der Waals surface area (Å²) in [5, 5.41) is 1.70. The molecule has 1 saturated heterocycles. The Morgan fingerprint density at radius 3 is 2.55 bits per heavy atom. The molecule has 1 fully saturated rings. The second-order valence-electron chi connectivity index (χ2n) is 2.60. The van der Waals surface area contributed by atoms with Crippen LogP contribution in [0.4, 0.5) is 0 Å². The molecule has 0 N–H and O–H groups in total. The van der Waals surface area contributed by atoms with E-state index >= 15 is 0 Å². The molecule has 0 aromatic heterocycles. The average molecular weight is 155 g/mol. The normalized spacial score (nSPS) is 19.3. The summed E-state index contributed by atoms with van der Waals surface area (Å²) in [6.45, 7) is 5.05. The molecule has 11 heavy (non-hydrogen) atoms. The van der Waals surface area contributed by atoms with Gasteiger partial charge in [0.1, 0.15) is 0 Å². The fourth-order valence-electron chi connectivity index (χ4n) is 1.12. The fourth-order valence-corrected chi connectivity index (χ4v) is 1.12. The maximum absolute atomic E-state index is 10.7. The van der Waals surface area contributed by atoms with Gasteiger partial charge in [-0.15, -0.1) is 5.06 Å². The van der Waals surface area contributed by atoms with Crippen LogP contribution in [-0.2, 0) is 9.63 Å². The largest absolute Gasteiger partial charge is 0.364 e. The molecule has 0 aromatic rings. The number of hydrogen-bond acceptors (Lipinski definition) is 3. The minimum atomic E-state index is -0.355. The summed E-state index contributed by atoms with van der Waals surface area (Å²) in [6, 6.07) is 0. The Kier molecular flexibility index (Phi) is 3.11. The van der Waals surface area contributed by atoms with Crippen molar-refractivity contribution in [1.29, 1.82) is 0 Å². The van der Waals surface area contributed by atoms with Gasteiger partial charge in [-0.1, -0.05) is 13.0 Å². The van der Waals surface area contributed by atoms with Gasteiger partial charge in [-0.3, -0.25) is 0 Å². The molecular formula is C8H13NO2. The molecule has 0 aromatic carbocycles. The number of carbonyl (C=O) groups excluding carboxylic acids is 1. The zero-order valence-corrected chi connectivity index (χ0v) is 6.58. The molecule has 0 amide bonds. The molecule has 1 heterocycles. The second kappa shape index (κ2) is 4.13. The van der Waals surface area contributed by atoms with Crippen LogP contribution in [0.5, 0.6) is 0 Å². The maximum Gasteiger partial charge on any atom is 0.349 e. The molecule has 62 valence electrons. The highest BCUT2D eigenvalue weighted by molar-refractivity contribution is 5.80. The molecule has 1 aliphatic rings. The van der Waals surface area contributed by atoms with Crippen molar-refractivity contribution >= 4 is 5.97 Å². The number of hydroxylamine groups is 2. The van der Waals surface area contributed by atoms with Crippen molar-refractivity contribution in [3.8, 4) is 0 Å². The van der Waals surface area contributed by atoms with Crippen molar-refractivity contribution in [2.45, 2.75) is 19.3 Å². The van der Waals surface area contributed by atoms with Gasteiger partial charge in [-0.25, -0.2) is 4.79 Å². The van der Waals surface area contributed by atoms with E-state index in [-0.39, 0.29) is 5.97 Å². The zero-order chi connectivity index (χ0) is 8.10. The number of rotatable bonds is 2. The van der Waals surface area contributed by atoms with E-state index in [9.17, 15) is 4.79 Å². The van der Waals surface area contributed by atoms with Gasteiger partial charge in [0, 0.05) is 19.2 Å². The summed E-state index contributed by atoms with van der Waals surface area (Å²) in [5.41, 5.74) is 0. The Bertz CT molecular complexity index is 150. The second-order valence-corrected chi connectivity index (χ2v) is 2.60. The quantitative estimate of drug-likeness (QED) is 0.559. The lowest BCUT2D eigenvalue weighted by Crippen LogP contribution is -2.31. The van der Waals surface area contributed by atoms with Gasteiger partial charge in [0.15, 0.2) is 0 Å². The maximum atomic E-state index is 10.7. The highest BCUT2D eigenvalue weighted by Crippen LogP contribution is 2.08. The van der Waals surface area contributed by atoms with Gasteiger partial charge in [0.25, 0.3) is 0 Å². The third-order valence-corrected chi connectivity index (χ3v) is 1.70. The topological polar surface area (TPSA) is 29.5 Å². The molecule has 3 heteroatoms. The minimum absolute atomic E-state index is 0.355. The van der Waals surface area contributed by atoms with Crippen LogP contribution in [0.2, 0.25) is 0 Å². The van der Waals surface area contributed by atoms with Crippen LogP contribution in [0, 0.1) is 0 Å². The first kappa shape index (κ1) is 8.27. The van der Waals surface area contributed by atoms with Gasteiger partial charge in [0.2, 0.25) is 0 Å². The first-order chi connectivity index (χ1) is 5.33. The van der Waals surface area contributed by atoms with Crippen LogP contribution >= 0.6 is 0 Å². The lowest BCUT2D eigenvalue weighted by atomic mass is 10.2. The Morgan fingerprint density at radius 1 is 1.36 bits per heavy atom. The van der Waals surface area contributed by atoms with E-state index < -0.39 is 0 Å². The van der Waals surface area contributed by atoms with Crippen LogP contribution in [0.1, 0.15) is 19.3 Å². The highest BCUT2D eigenvalue weighted by Gasteiger charge is 2.12. The third kappa shape index (κ3) is 2.72. The van der Waals surface area contributed by atoms with Crippen molar-refractivity contribution in [2.75, 3.05) is 13.1 Å². The van der Waals surface area contributed by atoms with Crippen LogP contribution < -0.4 is 0 Å². The van der Waals surface area contributed by atoms with E-state index in [1.807, 2.05) is 0 Å². The van der Waals surface area contributed by atoms with Gasteiger partial charge in [0.05, 0.1) is 0 Å². The lowest BCUT2D eigenvalue weighted by Gasteiger charge is -2.23. The van der Waals surface area contributed by atoms with Crippen molar-refractivity contribution in [1.82, 2.24) is 5.06 Å². The summed E-state index contributed by atoms with van der Waals surface area (Å²) in [7, 11) is 0. The van der Waals surface area contributed by atoms with E-state index in [2.05, 4.69) is 6.58 Å². The summed E-state index contributed by atoms with van der Waals surface area (Å²) < 4.78 is 0. The van der Waals surface area contributed by atoms with E-state index in [0.717, 1.165) is 25.9 Å². The van der Waals surface area contributed by atoms with Crippen LogP contribution in [0.15, 0.2) is 12.7 Å². The summed E-state index contributed by atoms with van der Waals surface area (Å²) in [4.78, 5) is 15.6. The van der Waals surface area contributed by atoms with Crippen molar-refractivity contribution in [2.24, 2.45) is 0 Å². The van der Waals surface area contributed by atoms with Gasteiger partial charge < -0.3 is 4.84 Å². The number of piperidine rings is 1. The number of nitrogens with zero attached hydrogens (tertiary/aromatic N) is 1. The summed E-state index contributed by atoms with van der Waals surface area (Å²) in [5.74, 6) is -0.355. The van der Waals surface area contributed by atoms with Crippen molar-refractivity contribution in [3.05, 3.63) is 12.7 Å². The SMILES string of the molecule is C=CC(=O)ON1CCCCC1. The van der Waals surface area contributed by atoms with Gasteiger partial charge in [-0.05, 0) is 12.8 Å². The predicted molar refractivity (Wildman–Crippen MR) is 41.7 cm³/mol. The van der Waals surface area contributed by atoms with Crippen LogP contribution in [0.3, 0.4) is 0 Å². The van der Waals surface area contributed by atoms with Crippen LogP contribution in [-0.4, -0.2) is 24.1 Å². The number of hydrogen-bond donors (Lipinski definition) is 0. The van der Waals surface area contributed by atoms with E-state index in [1.54, 1.807) is 5.06 Å². The Morgan fingerprint density at radius 2 is 2.00 bits per heavy atom. The Balaban J connectivity index is 2.24. The minimum Gasteiger partial charge on any atom is -0.364 e. The van der Waals surface area contributed by atoms with Gasteiger partial charge >= 0.3 is 5.97 Å². The molecule has 3 nitrogen and oxygen atoms in total. The smallest absolute Gasteiger partial charge is 0.349 e. The summed E-state index contributed by atoms with van der Waals surface area (Å²) >= 11 is 0. The standard InChI is InChI=1S/C8H13NO2/c1-2-8(10)11-9-6-4-3-5-7-9/h2H,1,3-7H2. The molecule has 0 spiro atoms. The molecule has 0 radical (unpaired) electrons. The van der Waals surface area contributed by atoms with Crippen LogP contribution in [0.25, 0.3) is 0 Å². The Hall–Kier alpha value is -0.830. The lowest BCUT2D eigenvalue weighted by molar-refractivity contribution is -0.187. The predicted octanol–water partition coefficient (Wildman–Crippen LogP) is 1.12. The third-order valence-electron chi connectivity index (χ3n) is 1.70. The zero-order valence-electron chi connectivity index (χ0n) is 6.58. The molecule has 0 bridgehead atoms. The first-order valence-electron chi connectivity index (χ1n) is 3.92. The van der Waals surface area contributed by atoms with E-state index in [0.29, 0.717) is 0 Å². The molecule has 0 atom stereocenters. The van der Waals surface area contributed by atoms with Crippen molar-refractivity contribution in [3.63, 3.8) is 0 Å². The average Bonchev–Trinajstić information content (AvgIpc) is 2.06. The molecular weight excluding hydrogens is 142 g/mol. The van der Waals surface area contributed by atoms with E-state index in [4.69, 9.17) is 4.84 Å². The summed E-state index contributed by atoms with van der Waals surface area (Å²) in [6.07, 6.45) is 4.66. The molecule has 1 aliphatic heterocycles. The molecule has 1 rings (SSSR count).